The lowest BCUT2D eigenvalue weighted by molar-refractivity contribution is -0.121. The number of nitrogens with zero attached hydrogens (tertiary/aromatic N) is 1. The van der Waals surface area contributed by atoms with Gasteiger partial charge in [-0.3, -0.25) is 9.10 Å². The van der Waals surface area contributed by atoms with Gasteiger partial charge in [-0.2, -0.15) is 11.8 Å². The van der Waals surface area contributed by atoms with E-state index in [1.165, 1.54) is 22.1 Å². The molecule has 10 heteroatoms. The molecule has 0 atom stereocenters. The zero-order valence-electron chi connectivity index (χ0n) is 17.2. The molecule has 3 rings (SSSR count). The monoisotopic (exact) mass is 468 g/mol. The fourth-order valence-electron chi connectivity index (χ4n) is 3.06. The van der Waals surface area contributed by atoms with Gasteiger partial charge in [-0.1, -0.05) is 18.2 Å². The molecule has 1 N–H and O–H groups in total. The van der Waals surface area contributed by atoms with Crippen LogP contribution in [0.5, 0.6) is 11.5 Å². The average molecular weight is 469 g/mol. The fraction of sp³-hybridized carbons (Fsp3) is 0.381. The Bertz CT molecular complexity index is 1020. The number of sulfonamides is 1. The van der Waals surface area contributed by atoms with Crippen LogP contribution in [-0.2, 0) is 20.6 Å². The van der Waals surface area contributed by atoms with Gasteiger partial charge in [0.15, 0.2) is 11.5 Å². The number of nitrogens with one attached hydrogen (secondary N) is 1. The maximum absolute atomic E-state index is 13.6. The van der Waals surface area contributed by atoms with Crippen LogP contribution in [-0.4, -0.2) is 46.2 Å². The van der Waals surface area contributed by atoms with Crippen molar-refractivity contribution < 1.29 is 27.1 Å². The molecule has 0 spiro atoms. The number of ether oxygens (including phenoxy) is 2. The number of carbonyl (C=O) groups is 1. The molecule has 0 aliphatic carbocycles. The molecule has 1 aliphatic heterocycles. The topological polar surface area (TPSA) is 84.9 Å². The molecule has 1 amide bonds. The molecular weight excluding hydrogens is 443 g/mol. The van der Waals surface area contributed by atoms with Crippen molar-refractivity contribution in [1.82, 2.24) is 5.32 Å². The lowest BCUT2D eigenvalue weighted by atomic mass is 10.2. The number of amides is 1. The second-order valence-electron chi connectivity index (χ2n) is 6.97. The van der Waals surface area contributed by atoms with Crippen LogP contribution in [0, 0.1) is 5.82 Å². The zero-order chi connectivity index (χ0) is 22.3. The predicted octanol–water partition coefficient (Wildman–Crippen LogP) is 3.15. The normalized spacial score (nSPS) is 12.6. The Morgan fingerprint density at radius 1 is 1.19 bits per heavy atom. The minimum absolute atomic E-state index is 0.108. The van der Waals surface area contributed by atoms with Crippen LogP contribution in [0.4, 0.5) is 10.1 Å². The summed E-state index contributed by atoms with van der Waals surface area (Å²) in [6, 6.07) is 11.6. The smallest absolute Gasteiger partial charge is 0.232 e. The van der Waals surface area contributed by atoms with Gasteiger partial charge in [0.2, 0.25) is 22.7 Å². The largest absolute Gasteiger partial charge is 0.454 e. The number of benzene rings is 2. The first-order valence-electron chi connectivity index (χ1n) is 9.80. The summed E-state index contributed by atoms with van der Waals surface area (Å²) in [7, 11) is -3.52. The molecule has 0 aromatic heterocycles. The molecule has 2 aromatic carbocycles. The Morgan fingerprint density at radius 3 is 2.74 bits per heavy atom. The molecule has 7 nitrogen and oxygen atoms in total. The lowest BCUT2D eigenvalue weighted by Gasteiger charge is -2.22. The Labute approximate surface area is 186 Å². The molecule has 0 unspecified atom stereocenters. The van der Waals surface area contributed by atoms with Crippen LogP contribution in [0.15, 0.2) is 42.5 Å². The molecule has 2 aromatic rings. The van der Waals surface area contributed by atoms with Crippen molar-refractivity contribution in [3.63, 3.8) is 0 Å². The molecule has 0 saturated heterocycles. The van der Waals surface area contributed by atoms with E-state index in [4.69, 9.17) is 9.47 Å². The van der Waals surface area contributed by atoms with E-state index in [2.05, 4.69) is 5.32 Å². The second kappa shape index (κ2) is 10.7. The number of rotatable bonds is 11. The number of carbonyl (C=O) groups excluding carboxylic acids is 1. The maximum Gasteiger partial charge on any atom is 0.232 e. The summed E-state index contributed by atoms with van der Waals surface area (Å²) in [5.74, 6) is 1.90. The van der Waals surface area contributed by atoms with Crippen LogP contribution in [0.25, 0.3) is 0 Å². The van der Waals surface area contributed by atoms with Crippen molar-refractivity contribution in [2.45, 2.75) is 18.6 Å². The number of halogens is 1. The number of fused-ring (bicyclic) bond motifs is 1. The fourth-order valence-corrected chi connectivity index (χ4v) is 4.86. The number of anilines is 1. The first-order chi connectivity index (χ1) is 14.8. The van der Waals surface area contributed by atoms with Gasteiger partial charge in [-0.25, -0.2) is 12.8 Å². The summed E-state index contributed by atoms with van der Waals surface area (Å²) in [6.45, 7) is 0.750. The number of hydrogen-bond donors (Lipinski definition) is 1. The number of thioether (sulfide) groups is 1. The Hall–Kier alpha value is -2.46. The summed E-state index contributed by atoms with van der Waals surface area (Å²) in [4.78, 5) is 12.1. The molecule has 1 aliphatic rings. The minimum atomic E-state index is -3.52. The van der Waals surface area contributed by atoms with E-state index >= 15 is 0 Å². The van der Waals surface area contributed by atoms with E-state index < -0.39 is 10.0 Å². The van der Waals surface area contributed by atoms with Crippen LogP contribution < -0.4 is 19.1 Å². The summed E-state index contributed by atoms with van der Waals surface area (Å²) in [5, 5.41) is 2.81. The van der Waals surface area contributed by atoms with Gasteiger partial charge in [0, 0.05) is 37.1 Å². The standard InChI is InChI=1S/C21H25FN2O5S2/c1-31(26,27)24(17-8-9-19-20(13-17)29-15-28-19)11-4-7-21(25)23-10-12-30-14-16-5-2-3-6-18(16)22/h2-3,5-6,8-9,13H,4,7,10-12,14-15H2,1H3,(H,23,25). The Balaban J connectivity index is 1.40. The third-order valence-electron chi connectivity index (χ3n) is 4.59. The van der Waals surface area contributed by atoms with Gasteiger partial charge < -0.3 is 14.8 Å². The Kier molecular flexibility index (Phi) is 8.03. The maximum atomic E-state index is 13.6. The van der Waals surface area contributed by atoms with E-state index in [-0.39, 0.29) is 31.5 Å². The highest BCUT2D eigenvalue weighted by molar-refractivity contribution is 7.98. The first-order valence-corrected chi connectivity index (χ1v) is 12.8. The van der Waals surface area contributed by atoms with Gasteiger partial charge in [-0.05, 0) is 30.2 Å². The SMILES string of the molecule is CS(=O)(=O)N(CCCC(=O)NCCSCc1ccccc1F)c1ccc2c(c1)OCO2. The van der Waals surface area contributed by atoms with Crippen LogP contribution in [0.1, 0.15) is 18.4 Å². The van der Waals surface area contributed by atoms with Crippen LogP contribution in [0.3, 0.4) is 0 Å². The molecule has 31 heavy (non-hydrogen) atoms. The highest BCUT2D eigenvalue weighted by Crippen LogP contribution is 2.36. The first kappa shape index (κ1) is 23.2. The second-order valence-corrected chi connectivity index (χ2v) is 9.98. The van der Waals surface area contributed by atoms with Crippen molar-refractivity contribution in [3.05, 3.63) is 53.8 Å². The third kappa shape index (κ3) is 6.76. The van der Waals surface area contributed by atoms with E-state index in [0.29, 0.717) is 47.2 Å². The van der Waals surface area contributed by atoms with E-state index in [0.717, 1.165) is 6.26 Å². The highest BCUT2D eigenvalue weighted by Gasteiger charge is 2.21. The molecule has 0 fully saturated rings. The molecular formula is C21H25FN2O5S2. The summed E-state index contributed by atoms with van der Waals surface area (Å²) < 4.78 is 49.8. The van der Waals surface area contributed by atoms with Gasteiger partial charge in [0.1, 0.15) is 5.82 Å². The predicted molar refractivity (Wildman–Crippen MR) is 120 cm³/mol. The van der Waals surface area contributed by atoms with E-state index in [1.54, 1.807) is 36.4 Å². The highest BCUT2D eigenvalue weighted by atomic mass is 32.2. The van der Waals surface area contributed by atoms with Crippen molar-refractivity contribution in [2.24, 2.45) is 0 Å². The summed E-state index contributed by atoms with van der Waals surface area (Å²) in [6.07, 6.45) is 1.70. The lowest BCUT2D eigenvalue weighted by Crippen LogP contribution is -2.32. The van der Waals surface area contributed by atoms with Gasteiger partial charge in [-0.15, -0.1) is 0 Å². The third-order valence-corrected chi connectivity index (χ3v) is 6.80. The van der Waals surface area contributed by atoms with E-state index in [1.807, 2.05) is 0 Å². The van der Waals surface area contributed by atoms with Crippen molar-refractivity contribution in [1.29, 1.82) is 0 Å². The Morgan fingerprint density at radius 2 is 1.97 bits per heavy atom. The molecule has 0 radical (unpaired) electrons. The van der Waals surface area contributed by atoms with Gasteiger partial charge in [0.25, 0.3) is 0 Å². The zero-order valence-corrected chi connectivity index (χ0v) is 18.8. The number of hydrogen-bond acceptors (Lipinski definition) is 6. The van der Waals surface area contributed by atoms with Crippen molar-refractivity contribution in [3.8, 4) is 11.5 Å². The summed E-state index contributed by atoms with van der Waals surface area (Å²) in [5.41, 5.74) is 1.11. The molecule has 1 heterocycles. The van der Waals surface area contributed by atoms with Gasteiger partial charge >= 0.3 is 0 Å². The van der Waals surface area contributed by atoms with Crippen LogP contribution >= 0.6 is 11.8 Å². The summed E-state index contributed by atoms with van der Waals surface area (Å²) >= 11 is 1.54. The van der Waals surface area contributed by atoms with Crippen molar-refractivity contribution >= 4 is 33.4 Å². The minimum Gasteiger partial charge on any atom is -0.454 e. The average Bonchev–Trinajstić information content (AvgIpc) is 3.19. The molecule has 168 valence electrons. The van der Waals surface area contributed by atoms with Crippen LogP contribution in [0.2, 0.25) is 0 Å². The molecule has 0 saturated carbocycles. The van der Waals surface area contributed by atoms with Gasteiger partial charge in [0.05, 0.1) is 11.9 Å². The molecule has 0 bridgehead atoms. The quantitative estimate of drug-likeness (QED) is 0.510. The van der Waals surface area contributed by atoms with Crippen molar-refractivity contribution in [2.75, 3.05) is 36.2 Å². The van der Waals surface area contributed by atoms with E-state index in [9.17, 15) is 17.6 Å².